The highest BCUT2D eigenvalue weighted by atomic mass is 32.2. The molecule has 6 nitrogen and oxygen atoms in total. The second kappa shape index (κ2) is 8.62. The summed E-state index contributed by atoms with van der Waals surface area (Å²) in [7, 11) is -4.67. The van der Waals surface area contributed by atoms with Gasteiger partial charge in [-0.05, 0) is 49.6 Å². The quantitative estimate of drug-likeness (QED) is 0.759. The van der Waals surface area contributed by atoms with E-state index in [1.54, 1.807) is 0 Å². The van der Waals surface area contributed by atoms with Gasteiger partial charge in [-0.25, -0.2) is 13.4 Å². The number of nitrogens with zero attached hydrogens (tertiary/aromatic N) is 2. The maximum absolute atomic E-state index is 12.6. The van der Waals surface area contributed by atoms with Gasteiger partial charge in [0.15, 0.2) is 5.13 Å². The van der Waals surface area contributed by atoms with Gasteiger partial charge in [0.1, 0.15) is 0 Å². The van der Waals surface area contributed by atoms with Crippen molar-refractivity contribution in [2.45, 2.75) is 37.0 Å². The number of hydrogen-bond acceptors (Lipinski definition) is 6. The number of halogens is 2. The topological polar surface area (TPSA) is 79.4 Å². The molecule has 1 aromatic carbocycles. The molecule has 1 unspecified atom stereocenters. The first-order chi connectivity index (χ1) is 13.3. The zero-order valence-corrected chi connectivity index (χ0v) is 16.9. The van der Waals surface area contributed by atoms with Gasteiger partial charge in [-0.1, -0.05) is 6.92 Å². The lowest BCUT2D eigenvalue weighted by Gasteiger charge is -2.30. The van der Waals surface area contributed by atoms with Gasteiger partial charge in [-0.15, -0.1) is 11.3 Å². The fourth-order valence-electron chi connectivity index (χ4n) is 3.16. The molecule has 1 aromatic heterocycles. The molecule has 2 aromatic rings. The highest BCUT2D eigenvalue weighted by molar-refractivity contribution is 7.91. The molecule has 0 spiro atoms. The van der Waals surface area contributed by atoms with Crippen LogP contribution in [0.15, 0.2) is 34.5 Å². The van der Waals surface area contributed by atoms with Crippen LogP contribution in [-0.2, 0) is 16.4 Å². The lowest BCUT2D eigenvalue weighted by atomic mass is 10.0. The van der Waals surface area contributed by atoms with Crippen LogP contribution in [0.25, 0.3) is 0 Å². The minimum absolute atomic E-state index is 0.162. The molecule has 28 heavy (non-hydrogen) atoms. The number of likely N-dealkylation sites (tertiary alicyclic amines) is 1. The van der Waals surface area contributed by atoms with Gasteiger partial charge in [0.2, 0.25) is 9.84 Å². The van der Waals surface area contributed by atoms with Crippen LogP contribution in [0.2, 0.25) is 0 Å². The van der Waals surface area contributed by atoms with Gasteiger partial charge >= 0.3 is 5.76 Å². The standard InChI is InChI=1S/C18H21F2N3O3S2/c1-12-3-2-8-23(9-12)10-14-11-27-18(21-14)22-16(24)13-4-6-15(7-5-13)28(25,26)17(19)20/h4-7,11-12,17H,2-3,8-10H2,1H3,(H,21,22,24). The number of hydrogen-bond donors (Lipinski definition) is 1. The van der Waals surface area contributed by atoms with Crippen LogP contribution in [-0.4, -0.2) is 43.1 Å². The molecule has 0 radical (unpaired) electrons. The molecule has 1 fully saturated rings. The number of piperidine rings is 1. The Morgan fingerprint density at radius 2 is 2.07 bits per heavy atom. The lowest BCUT2D eigenvalue weighted by molar-refractivity contribution is 0.102. The maximum Gasteiger partial charge on any atom is 0.341 e. The molecule has 0 bridgehead atoms. The smallest absolute Gasteiger partial charge is 0.298 e. The molecule has 1 atom stereocenters. The second-order valence-electron chi connectivity index (χ2n) is 6.91. The SMILES string of the molecule is CC1CCCN(Cc2csc(NC(=O)c3ccc(S(=O)(=O)C(F)F)cc3)n2)C1. The molecule has 2 heterocycles. The molecule has 0 aliphatic carbocycles. The Morgan fingerprint density at radius 3 is 2.71 bits per heavy atom. The third kappa shape index (κ3) is 4.92. The van der Waals surface area contributed by atoms with E-state index in [9.17, 15) is 22.0 Å². The summed E-state index contributed by atoms with van der Waals surface area (Å²) in [6.45, 7) is 5.04. The third-order valence-electron chi connectivity index (χ3n) is 4.58. The number of carbonyl (C=O) groups is 1. The molecule has 1 amide bonds. The first-order valence-electron chi connectivity index (χ1n) is 8.86. The van der Waals surface area contributed by atoms with Gasteiger partial charge in [-0.2, -0.15) is 8.78 Å². The summed E-state index contributed by atoms with van der Waals surface area (Å²) in [5, 5.41) is 4.99. The molecule has 1 aliphatic heterocycles. The highest BCUT2D eigenvalue weighted by Crippen LogP contribution is 2.22. The Morgan fingerprint density at radius 1 is 1.36 bits per heavy atom. The van der Waals surface area contributed by atoms with Crippen molar-refractivity contribution in [3.63, 3.8) is 0 Å². The number of benzene rings is 1. The molecule has 10 heteroatoms. The summed E-state index contributed by atoms with van der Waals surface area (Å²) >= 11 is 1.31. The van der Waals surface area contributed by atoms with E-state index in [2.05, 4.69) is 22.1 Å². The van der Waals surface area contributed by atoms with Crippen molar-refractivity contribution in [1.29, 1.82) is 0 Å². The summed E-state index contributed by atoms with van der Waals surface area (Å²) in [5.74, 6) is -3.30. The summed E-state index contributed by atoms with van der Waals surface area (Å²) in [4.78, 5) is 18.5. The largest absolute Gasteiger partial charge is 0.341 e. The zero-order chi connectivity index (χ0) is 20.3. The number of thiazole rings is 1. The monoisotopic (exact) mass is 429 g/mol. The molecule has 1 N–H and O–H groups in total. The summed E-state index contributed by atoms with van der Waals surface area (Å²) in [6, 6.07) is 4.41. The predicted molar refractivity (Wildman–Crippen MR) is 103 cm³/mol. The Balaban J connectivity index is 1.61. The summed E-state index contributed by atoms with van der Waals surface area (Å²) in [5.41, 5.74) is 1.04. The maximum atomic E-state index is 12.6. The summed E-state index contributed by atoms with van der Waals surface area (Å²) in [6.07, 6.45) is 2.42. The van der Waals surface area contributed by atoms with Crippen molar-refractivity contribution < 1.29 is 22.0 Å². The predicted octanol–water partition coefficient (Wildman–Crippen LogP) is 3.62. The van der Waals surface area contributed by atoms with E-state index < -0.39 is 26.4 Å². The number of alkyl halides is 2. The van der Waals surface area contributed by atoms with Crippen molar-refractivity contribution in [3.8, 4) is 0 Å². The summed E-state index contributed by atoms with van der Waals surface area (Å²) < 4.78 is 48.0. The number of anilines is 1. The van der Waals surface area contributed by atoms with Gasteiger partial charge in [-0.3, -0.25) is 15.0 Å². The third-order valence-corrected chi connectivity index (χ3v) is 6.78. The van der Waals surface area contributed by atoms with Crippen molar-refractivity contribution in [2.24, 2.45) is 5.92 Å². The Hall–Kier alpha value is -1.91. The molecule has 1 saturated heterocycles. The van der Waals surface area contributed by atoms with Crippen molar-refractivity contribution in [2.75, 3.05) is 18.4 Å². The fraction of sp³-hybridized carbons (Fsp3) is 0.444. The normalized spacial score (nSPS) is 18.4. The Kier molecular flexibility index (Phi) is 6.41. The van der Waals surface area contributed by atoms with Crippen LogP contribution in [0, 0.1) is 5.92 Å². The minimum Gasteiger partial charge on any atom is -0.298 e. The van der Waals surface area contributed by atoms with Crippen LogP contribution in [0.1, 0.15) is 35.8 Å². The van der Waals surface area contributed by atoms with E-state index in [4.69, 9.17) is 0 Å². The average molecular weight is 430 g/mol. The van der Waals surface area contributed by atoms with Crippen LogP contribution >= 0.6 is 11.3 Å². The van der Waals surface area contributed by atoms with Crippen LogP contribution in [0.4, 0.5) is 13.9 Å². The Labute approximate surface area is 166 Å². The van der Waals surface area contributed by atoms with Crippen LogP contribution in [0.5, 0.6) is 0 Å². The van der Waals surface area contributed by atoms with Gasteiger partial charge in [0, 0.05) is 24.0 Å². The number of amides is 1. The molecule has 3 rings (SSSR count). The van der Waals surface area contributed by atoms with Crippen molar-refractivity contribution in [3.05, 3.63) is 40.9 Å². The average Bonchev–Trinajstić information content (AvgIpc) is 3.08. The minimum atomic E-state index is -4.67. The molecular weight excluding hydrogens is 408 g/mol. The Bertz CT molecular complexity index is 930. The van der Waals surface area contributed by atoms with E-state index in [1.165, 1.54) is 36.3 Å². The second-order valence-corrected chi connectivity index (χ2v) is 9.69. The van der Waals surface area contributed by atoms with Gasteiger partial charge in [0.05, 0.1) is 10.6 Å². The molecule has 1 aliphatic rings. The first kappa shape index (κ1) is 20.8. The van der Waals surface area contributed by atoms with Gasteiger partial charge < -0.3 is 0 Å². The number of nitrogens with one attached hydrogen (secondary N) is 1. The molecular formula is C18H21F2N3O3S2. The highest BCUT2D eigenvalue weighted by Gasteiger charge is 2.26. The van der Waals surface area contributed by atoms with Crippen molar-refractivity contribution in [1.82, 2.24) is 9.88 Å². The van der Waals surface area contributed by atoms with Crippen LogP contribution in [0.3, 0.4) is 0 Å². The number of carbonyl (C=O) groups excluding carboxylic acids is 1. The zero-order valence-electron chi connectivity index (χ0n) is 15.3. The number of sulfone groups is 1. The first-order valence-corrected chi connectivity index (χ1v) is 11.3. The molecule has 152 valence electrons. The number of rotatable bonds is 6. The lowest BCUT2D eigenvalue weighted by Crippen LogP contribution is -2.33. The van der Waals surface area contributed by atoms with E-state index in [1.807, 2.05) is 5.38 Å². The van der Waals surface area contributed by atoms with Gasteiger partial charge in [0.25, 0.3) is 5.91 Å². The van der Waals surface area contributed by atoms with Crippen LogP contribution < -0.4 is 5.32 Å². The number of aromatic nitrogens is 1. The van der Waals surface area contributed by atoms with E-state index in [-0.39, 0.29) is 5.56 Å². The van der Waals surface area contributed by atoms with E-state index >= 15 is 0 Å². The fourth-order valence-corrected chi connectivity index (χ4v) is 4.58. The molecule has 0 saturated carbocycles. The van der Waals surface area contributed by atoms with E-state index in [0.29, 0.717) is 11.0 Å². The van der Waals surface area contributed by atoms with Crippen molar-refractivity contribution >= 4 is 32.2 Å². The van der Waals surface area contributed by atoms with E-state index in [0.717, 1.165) is 37.5 Å².